The van der Waals surface area contributed by atoms with E-state index in [1.807, 2.05) is 24.1 Å². The number of carbonyl (C=O) groups excluding carboxylic acids is 2. The molecule has 1 aromatic heterocycles. The molecule has 2 aliphatic heterocycles. The summed E-state index contributed by atoms with van der Waals surface area (Å²) in [6.45, 7) is 1.70. The maximum Gasteiger partial charge on any atom is 0.253 e. The van der Waals surface area contributed by atoms with E-state index in [9.17, 15) is 9.59 Å². The Labute approximate surface area is 164 Å². The molecule has 0 spiro atoms. The van der Waals surface area contributed by atoms with E-state index in [2.05, 4.69) is 14.9 Å². The Bertz CT molecular complexity index is 907. The number of hydrogen-bond acceptors (Lipinski definition) is 5. The molecule has 28 heavy (non-hydrogen) atoms. The minimum absolute atomic E-state index is 0.0573. The molecule has 0 saturated heterocycles. The van der Waals surface area contributed by atoms with E-state index in [1.165, 1.54) is 0 Å². The number of nitrogens with zero attached hydrogens (tertiary/aromatic N) is 4. The number of aromatic amines is 1. The number of hydrogen-bond donors (Lipinski definition) is 1. The number of benzene rings is 1. The number of anilines is 1. The summed E-state index contributed by atoms with van der Waals surface area (Å²) >= 11 is 0. The Morgan fingerprint density at radius 3 is 2.96 bits per heavy atom. The normalized spacial score (nSPS) is 18.2. The Kier molecular flexibility index (Phi) is 4.70. The van der Waals surface area contributed by atoms with E-state index in [-0.39, 0.29) is 17.9 Å². The zero-order chi connectivity index (χ0) is 19.8. The fraction of sp³-hybridized carbons (Fsp3) is 0.450. The van der Waals surface area contributed by atoms with Gasteiger partial charge in [-0.1, -0.05) is 0 Å². The second-order valence-corrected chi connectivity index (χ2v) is 7.56. The summed E-state index contributed by atoms with van der Waals surface area (Å²) < 4.78 is 5.88. The number of carbonyl (C=O) groups is 2. The van der Waals surface area contributed by atoms with Gasteiger partial charge in [0.15, 0.2) is 0 Å². The predicted octanol–water partition coefficient (Wildman–Crippen LogP) is 1.28. The second kappa shape index (κ2) is 7.18. The van der Waals surface area contributed by atoms with Gasteiger partial charge in [0.05, 0.1) is 42.4 Å². The van der Waals surface area contributed by atoms with Gasteiger partial charge in [0.25, 0.3) is 5.91 Å². The van der Waals surface area contributed by atoms with Gasteiger partial charge >= 0.3 is 0 Å². The quantitative estimate of drug-likeness (QED) is 0.864. The Balaban J connectivity index is 1.47. The third-order valence-electron chi connectivity index (χ3n) is 5.51. The van der Waals surface area contributed by atoms with Crippen molar-refractivity contribution in [3.05, 3.63) is 41.5 Å². The van der Waals surface area contributed by atoms with Gasteiger partial charge in [-0.25, -0.2) is 4.98 Å². The first-order valence-electron chi connectivity index (χ1n) is 9.44. The van der Waals surface area contributed by atoms with Crippen LogP contribution in [0.3, 0.4) is 0 Å². The maximum atomic E-state index is 12.9. The van der Waals surface area contributed by atoms with Crippen molar-refractivity contribution >= 4 is 17.5 Å². The molecule has 1 aromatic carbocycles. The van der Waals surface area contributed by atoms with Crippen molar-refractivity contribution in [2.45, 2.75) is 25.4 Å². The van der Waals surface area contributed by atoms with Crippen LogP contribution in [-0.4, -0.2) is 71.9 Å². The number of likely N-dealkylation sites (N-methyl/N-ethyl adjacent to an activating group) is 1. The number of H-pyrrole nitrogens is 1. The van der Waals surface area contributed by atoms with Crippen molar-refractivity contribution in [2.75, 3.05) is 39.2 Å². The molecule has 3 heterocycles. The minimum atomic E-state index is -0.0760. The zero-order valence-electron chi connectivity index (χ0n) is 16.4. The summed E-state index contributed by atoms with van der Waals surface area (Å²) in [6, 6.07) is 5.36. The van der Waals surface area contributed by atoms with Gasteiger partial charge in [-0.15, -0.1) is 0 Å². The minimum Gasteiger partial charge on any atom is -0.489 e. The Hall–Kier alpha value is -3.03. The van der Waals surface area contributed by atoms with Crippen molar-refractivity contribution in [1.82, 2.24) is 19.8 Å². The summed E-state index contributed by atoms with van der Waals surface area (Å²) in [6.07, 6.45) is 2.83. The average Bonchev–Trinajstić information content (AvgIpc) is 3.17. The standard InChI is InChI=1S/C20H25N5O3/c1-23(2)20(27)13-4-5-18-17(8-13)24(3)14(11-28-18)9-19(26)25-7-6-15-16(10-25)22-12-21-15/h4-5,8,12,14H,6-7,9-11H2,1-3H3,(H,21,22). The molecule has 0 saturated carbocycles. The highest BCUT2D eigenvalue weighted by Gasteiger charge is 2.30. The first kappa shape index (κ1) is 18.3. The second-order valence-electron chi connectivity index (χ2n) is 7.56. The molecule has 2 amide bonds. The van der Waals surface area contributed by atoms with E-state index in [0.717, 1.165) is 29.2 Å². The monoisotopic (exact) mass is 383 g/mol. The van der Waals surface area contributed by atoms with Gasteiger partial charge in [0, 0.05) is 39.7 Å². The van der Waals surface area contributed by atoms with Crippen LogP contribution in [0.1, 0.15) is 28.2 Å². The molecule has 1 atom stereocenters. The van der Waals surface area contributed by atoms with Crippen LogP contribution in [0.15, 0.2) is 24.5 Å². The largest absolute Gasteiger partial charge is 0.489 e. The number of aromatic nitrogens is 2. The molecule has 0 aliphatic carbocycles. The zero-order valence-corrected chi connectivity index (χ0v) is 16.4. The number of nitrogens with one attached hydrogen (secondary N) is 1. The molecular weight excluding hydrogens is 358 g/mol. The number of imidazole rings is 1. The van der Waals surface area contributed by atoms with E-state index in [1.54, 1.807) is 31.4 Å². The van der Waals surface area contributed by atoms with Crippen molar-refractivity contribution in [3.8, 4) is 5.75 Å². The van der Waals surface area contributed by atoms with E-state index in [0.29, 0.717) is 31.7 Å². The van der Waals surface area contributed by atoms with Crippen LogP contribution in [0.4, 0.5) is 5.69 Å². The SMILES string of the molecule is CN(C)C(=O)c1ccc2c(c1)N(C)C(CC(=O)N1CCc3nc[nH]c3C1)CO2. The van der Waals surface area contributed by atoms with Crippen molar-refractivity contribution in [1.29, 1.82) is 0 Å². The van der Waals surface area contributed by atoms with E-state index in [4.69, 9.17) is 4.74 Å². The third kappa shape index (κ3) is 3.30. The predicted molar refractivity (Wildman–Crippen MR) is 104 cm³/mol. The summed E-state index contributed by atoms with van der Waals surface area (Å²) in [7, 11) is 5.41. The molecule has 8 heteroatoms. The highest BCUT2D eigenvalue weighted by molar-refractivity contribution is 5.95. The number of amides is 2. The molecule has 1 N–H and O–H groups in total. The smallest absolute Gasteiger partial charge is 0.253 e. The fourth-order valence-electron chi connectivity index (χ4n) is 3.75. The summed E-state index contributed by atoms with van der Waals surface area (Å²) in [5, 5.41) is 0. The topological polar surface area (TPSA) is 81.8 Å². The summed E-state index contributed by atoms with van der Waals surface area (Å²) in [5.74, 6) is 0.782. The first-order chi connectivity index (χ1) is 13.4. The molecule has 0 fully saturated rings. The van der Waals surface area contributed by atoms with Crippen LogP contribution in [0.25, 0.3) is 0 Å². The molecule has 4 rings (SSSR count). The molecule has 0 bridgehead atoms. The Morgan fingerprint density at radius 1 is 1.36 bits per heavy atom. The lowest BCUT2D eigenvalue weighted by Gasteiger charge is -2.37. The van der Waals surface area contributed by atoms with Gasteiger partial charge < -0.3 is 24.4 Å². The van der Waals surface area contributed by atoms with Crippen LogP contribution in [-0.2, 0) is 17.8 Å². The van der Waals surface area contributed by atoms with Gasteiger partial charge in [-0.3, -0.25) is 9.59 Å². The van der Waals surface area contributed by atoms with Crippen LogP contribution in [0.2, 0.25) is 0 Å². The summed E-state index contributed by atoms with van der Waals surface area (Å²) in [5.41, 5.74) is 3.51. The van der Waals surface area contributed by atoms with Crippen LogP contribution in [0.5, 0.6) is 5.75 Å². The van der Waals surface area contributed by atoms with Crippen LogP contribution < -0.4 is 9.64 Å². The molecule has 2 aliphatic rings. The van der Waals surface area contributed by atoms with Crippen LogP contribution >= 0.6 is 0 Å². The Morgan fingerprint density at radius 2 is 2.18 bits per heavy atom. The average molecular weight is 383 g/mol. The van der Waals surface area contributed by atoms with E-state index < -0.39 is 0 Å². The summed E-state index contributed by atoms with van der Waals surface area (Å²) in [4.78, 5) is 38.0. The molecule has 2 aromatic rings. The van der Waals surface area contributed by atoms with Gasteiger partial charge in [-0.05, 0) is 18.2 Å². The van der Waals surface area contributed by atoms with Gasteiger partial charge in [0.1, 0.15) is 12.4 Å². The molecule has 8 nitrogen and oxygen atoms in total. The molecular formula is C20H25N5O3. The van der Waals surface area contributed by atoms with Crippen molar-refractivity contribution < 1.29 is 14.3 Å². The van der Waals surface area contributed by atoms with Gasteiger partial charge in [-0.2, -0.15) is 0 Å². The number of fused-ring (bicyclic) bond motifs is 2. The highest BCUT2D eigenvalue weighted by atomic mass is 16.5. The molecule has 1 unspecified atom stereocenters. The maximum absolute atomic E-state index is 12.9. The lowest BCUT2D eigenvalue weighted by Crippen LogP contribution is -2.45. The van der Waals surface area contributed by atoms with Gasteiger partial charge in [0.2, 0.25) is 5.91 Å². The van der Waals surface area contributed by atoms with Crippen LogP contribution in [0, 0.1) is 0 Å². The lowest BCUT2D eigenvalue weighted by molar-refractivity contribution is -0.132. The number of ether oxygens (including phenoxy) is 1. The number of rotatable bonds is 3. The van der Waals surface area contributed by atoms with E-state index >= 15 is 0 Å². The third-order valence-corrected chi connectivity index (χ3v) is 5.51. The van der Waals surface area contributed by atoms with Crippen molar-refractivity contribution in [2.24, 2.45) is 0 Å². The molecule has 148 valence electrons. The highest BCUT2D eigenvalue weighted by Crippen LogP contribution is 2.35. The van der Waals surface area contributed by atoms with Crippen molar-refractivity contribution in [3.63, 3.8) is 0 Å². The molecule has 0 radical (unpaired) electrons. The lowest BCUT2D eigenvalue weighted by atomic mass is 10.1. The fourth-order valence-corrected chi connectivity index (χ4v) is 3.75. The first-order valence-corrected chi connectivity index (χ1v) is 9.44.